The molecule has 0 aliphatic carbocycles. The van der Waals surface area contributed by atoms with Crippen LogP contribution in [0.2, 0.25) is 0 Å². The summed E-state index contributed by atoms with van der Waals surface area (Å²) in [6.07, 6.45) is 3.89. The summed E-state index contributed by atoms with van der Waals surface area (Å²) in [7, 11) is 0. The summed E-state index contributed by atoms with van der Waals surface area (Å²) in [5, 5.41) is 1.18. The molecular weight excluding hydrogens is 298 g/mol. The standard InChI is InChI=1S/C20H21N3O/c21-20(12-16-13-22-18-9-5-4-8-17(16)18)11-10-19(24)23(20)14-15-6-2-1-3-7-15/h1-9,13,22H,10-12,14,21H2/t20-/m1/s1. The number of benzene rings is 2. The van der Waals surface area contributed by atoms with Crippen LogP contribution in [0.1, 0.15) is 24.0 Å². The topological polar surface area (TPSA) is 62.1 Å². The molecule has 1 fully saturated rings. The molecule has 2 heterocycles. The minimum atomic E-state index is -0.627. The Balaban J connectivity index is 1.63. The van der Waals surface area contributed by atoms with E-state index in [-0.39, 0.29) is 5.91 Å². The van der Waals surface area contributed by atoms with Gasteiger partial charge in [-0.05, 0) is 23.6 Å². The number of carbonyl (C=O) groups excluding carboxylic acids is 1. The molecular formula is C20H21N3O. The summed E-state index contributed by atoms with van der Waals surface area (Å²) in [5.74, 6) is 0.140. The van der Waals surface area contributed by atoms with Gasteiger partial charge in [0.05, 0.1) is 5.66 Å². The van der Waals surface area contributed by atoms with Crippen LogP contribution in [0.3, 0.4) is 0 Å². The van der Waals surface area contributed by atoms with E-state index in [1.807, 2.05) is 53.6 Å². The fraction of sp³-hybridized carbons (Fsp3) is 0.250. The third-order valence-electron chi connectivity index (χ3n) is 4.97. The number of nitrogens with two attached hydrogens (primary N) is 1. The van der Waals surface area contributed by atoms with Crippen molar-refractivity contribution in [3.8, 4) is 0 Å². The predicted octanol–water partition coefficient (Wildman–Crippen LogP) is 3.19. The molecule has 0 bridgehead atoms. The lowest BCUT2D eigenvalue weighted by molar-refractivity contribution is -0.131. The molecule has 0 saturated carbocycles. The summed E-state index contributed by atoms with van der Waals surface area (Å²) < 4.78 is 0. The van der Waals surface area contributed by atoms with Crippen molar-refractivity contribution < 1.29 is 4.79 Å². The first kappa shape index (κ1) is 15.0. The van der Waals surface area contributed by atoms with Crippen molar-refractivity contribution in [1.29, 1.82) is 0 Å². The van der Waals surface area contributed by atoms with E-state index in [9.17, 15) is 4.79 Å². The van der Waals surface area contributed by atoms with Gasteiger partial charge >= 0.3 is 0 Å². The zero-order valence-corrected chi connectivity index (χ0v) is 13.5. The van der Waals surface area contributed by atoms with Gasteiger partial charge in [-0.1, -0.05) is 48.5 Å². The van der Waals surface area contributed by atoms with Crippen LogP contribution in [0.15, 0.2) is 60.8 Å². The molecule has 1 atom stereocenters. The maximum absolute atomic E-state index is 12.4. The summed E-state index contributed by atoms with van der Waals surface area (Å²) in [5.41, 5.74) is 9.47. The molecule has 3 N–H and O–H groups in total. The molecule has 24 heavy (non-hydrogen) atoms. The van der Waals surface area contributed by atoms with E-state index in [0.29, 0.717) is 25.8 Å². The van der Waals surface area contributed by atoms with Crippen molar-refractivity contribution >= 4 is 16.8 Å². The van der Waals surface area contributed by atoms with Crippen LogP contribution in [0.5, 0.6) is 0 Å². The summed E-state index contributed by atoms with van der Waals surface area (Å²) in [4.78, 5) is 17.6. The molecule has 1 amide bonds. The van der Waals surface area contributed by atoms with Gasteiger partial charge < -0.3 is 15.6 Å². The summed E-state index contributed by atoms with van der Waals surface area (Å²) >= 11 is 0. The Hall–Kier alpha value is -2.59. The quantitative estimate of drug-likeness (QED) is 0.776. The van der Waals surface area contributed by atoms with Crippen molar-refractivity contribution in [2.24, 2.45) is 5.73 Å². The van der Waals surface area contributed by atoms with Gasteiger partial charge in [-0.2, -0.15) is 0 Å². The molecule has 122 valence electrons. The van der Waals surface area contributed by atoms with Crippen molar-refractivity contribution in [3.05, 3.63) is 71.9 Å². The fourth-order valence-electron chi connectivity index (χ4n) is 3.64. The number of para-hydroxylation sites is 1. The molecule has 2 aromatic carbocycles. The Bertz CT molecular complexity index is 871. The molecule has 1 aliphatic heterocycles. The SMILES string of the molecule is N[C@]1(Cc2c[nH]c3ccccc23)CCC(=O)N1Cc1ccccc1. The number of H-pyrrole nitrogens is 1. The zero-order valence-electron chi connectivity index (χ0n) is 13.5. The van der Waals surface area contributed by atoms with Crippen molar-refractivity contribution in [2.75, 3.05) is 0 Å². The summed E-state index contributed by atoms with van der Waals surface area (Å²) in [6, 6.07) is 18.3. The number of carbonyl (C=O) groups is 1. The van der Waals surface area contributed by atoms with E-state index < -0.39 is 5.66 Å². The van der Waals surface area contributed by atoms with Gasteiger partial charge in [0.25, 0.3) is 0 Å². The number of amides is 1. The number of rotatable bonds is 4. The van der Waals surface area contributed by atoms with Gasteiger partial charge in [0, 0.05) is 36.5 Å². The Morgan fingerprint density at radius 2 is 1.83 bits per heavy atom. The highest BCUT2D eigenvalue weighted by molar-refractivity contribution is 5.84. The molecule has 4 rings (SSSR count). The molecule has 4 heteroatoms. The molecule has 1 aliphatic rings. The molecule has 0 unspecified atom stereocenters. The lowest BCUT2D eigenvalue weighted by Crippen LogP contribution is -2.54. The minimum Gasteiger partial charge on any atom is -0.361 e. The van der Waals surface area contributed by atoms with E-state index in [1.54, 1.807) is 0 Å². The van der Waals surface area contributed by atoms with Crippen LogP contribution < -0.4 is 5.73 Å². The number of hydrogen-bond acceptors (Lipinski definition) is 2. The molecule has 3 aromatic rings. The zero-order chi connectivity index (χ0) is 16.6. The maximum Gasteiger partial charge on any atom is 0.224 e. The number of nitrogens with one attached hydrogen (secondary N) is 1. The first-order chi connectivity index (χ1) is 11.7. The van der Waals surface area contributed by atoms with Crippen LogP contribution >= 0.6 is 0 Å². The number of hydrogen-bond donors (Lipinski definition) is 2. The lowest BCUT2D eigenvalue weighted by Gasteiger charge is -2.35. The smallest absolute Gasteiger partial charge is 0.224 e. The van der Waals surface area contributed by atoms with Gasteiger partial charge in [-0.15, -0.1) is 0 Å². The monoisotopic (exact) mass is 319 g/mol. The third kappa shape index (κ3) is 2.59. The van der Waals surface area contributed by atoms with Crippen LogP contribution in [0, 0.1) is 0 Å². The van der Waals surface area contributed by atoms with Gasteiger partial charge in [0.15, 0.2) is 0 Å². The normalized spacial score (nSPS) is 20.9. The minimum absolute atomic E-state index is 0.140. The van der Waals surface area contributed by atoms with E-state index in [0.717, 1.165) is 11.1 Å². The van der Waals surface area contributed by atoms with E-state index in [1.165, 1.54) is 10.9 Å². The largest absolute Gasteiger partial charge is 0.361 e. The predicted molar refractivity (Wildman–Crippen MR) is 95.1 cm³/mol. The number of likely N-dealkylation sites (tertiary alicyclic amines) is 1. The average molecular weight is 319 g/mol. The maximum atomic E-state index is 12.4. The number of fused-ring (bicyclic) bond motifs is 1. The average Bonchev–Trinajstić information content (AvgIpc) is 3.13. The molecule has 4 nitrogen and oxygen atoms in total. The van der Waals surface area contributed by atoms with Gasteiger partial charge in [-0.25, -0.2) is 0 Å². The number of aromatic nitrogens is 1. The highest BCUT2D eigenvalue weighted by Crippen LogP contribution is 2.32. The van der Waals surface area contributed by atoms with E-state index >= 15 is 0 Å². The van der Waals surface area contributed by atoms with Crippen LogP contribution in [-0.2, 0) is 17.8 Å². The van der Waals surface area contributed by atoms with Crippen molar-refractivity contribution in [1.82, 2.24) is 9.88 Å². The first-order valence-corrected chi connectivity index (χ1v) is 8.34. The lowest BCUT2D eigenvalue weighted by atomic mass is 9.97. The molecule has 1 aromatic heterocycles. The van der Waals surface area contributed by atoms with Gasteiger partial charge in [-0.3, -0.25) is 4.79 Å². The fourth-order valence-corrected chi connectivity index (χ4v) is 3.64. The van der Waals surface area contributed by atoms with Crippen LogP contribution in [-0.4, -0.2) is 21.5 Å². The second-order valence-electron chi connectivity index (χ2n) is 6.61. The van der Waals surface area contributed by atoms with Gasteiger partial charge in [0.2, 0.25) is 5.91 Å². The summed E-state index contributed by atoms with van der Waals surface area (Å²) in [6.45, 7) is 0.568. The molecule has 0 spiro atoms. The first-order valence-electron chi connectivity index (χ1n) is 8.34. The van der Waals surface area contributed by atoms with Crippen LogP contribution in [0.25, 0.3) is 10.9 Å². The highest BCUT2D eigenvalue weighted by atomic mass is 16.2. The number of aromatic amines is 1. The second kappa shape index (κ2) is 5.80. The Morgan fingerprint density at radius 3 is 2.67 bits per heavy atom. The highest BCUT2D eigenvalue weighted by Gasteiger charge is 2.42. The Labute approximate surface area is 141 Å². The van der Waals surface area contributed by atoms with Crippen molar-refractivity contribution in [3.63, 3.8) is 0 Å². The van der Waals surface area contributed by atoms with E-state index in [4.69, 9.17) is 5.73 Å². The second-order valence-corrected chi connectivity index (χ2v) is 6.61. The van der Waals surface area contributed by atoms with Crippen LogP contribution in [0.4, 0.5) is 0 Å². The van der Waals surface area contributed by atoms with Crippen molar-refractivity contribution in [2.45, 2.75) is 31.5 Å². The number of nitrogens with zero attached hydrogens (tertiary/aromatic N) is 1. The van der Waals surface area contributed by atoms with E-state index in [2.05, 4.69) is 17.1 Å². The van der Waals surface area contributed by atoms with Gasteiger partial charge in [0.1, 0.15) is 0 Å². The third-order valence-corrected chi connectivity index (χ3v) is 4.97. The molecule has 0 radical (unpaired) electrons. The molecule has 1 saturated heterocycles. The Kier molecular flexibility index (Phi) is 3.62. The Morgan fingerprint density at radius 1 is 1.08 bits per heavy atom.